The SMILES string of the molecule is CCCCCc1ccc(-c2cc3ccc(OCCCC(F)(F)CCCOC(=O)C(C)(CC(C)(C)N)C(C)(C)N)cc3oc2=O)c(OC)c1. The van der Waals surface area contributed by atoms with Crippen molar-refractivity contribution >= 4 is 16.9 Å². The summed E-state index contributed by atoms with van der Waals surface area (Å²) < 4.78 is 51.6. The lowest BCUT2D eigenvalue weighted by Gasteiger charge is -2.42. The second-order valence-electron chi connectivity index (χ2n) is 14.4. The summed E-state index contributed by atoms with van der Waals surface area (Å²) in [5, 5.41) is 0.695. The quantitative estimate of drug-likeness (QED) is 0.0742. The number of methoxy groups -OCH3 is 1. The molecule has 4 N–H and O–H groups in total. The average Bonchev–Trinajstić information content (AvgIpc) is 2.99. The maximum atomic E-state index is 14.6. The summed E-state index contributed by atoms with van der Waals surface area (Å²) in [5.74, 6) is -2.47. The van der Waals surface area contributed by atoms with E-state index >= 15 is 0 Å². The number of fused-ring (bicyclic) bond motifs is 1. The van der Waals surface area contributed by atoms with E-state index in [2.05, 4.69) is 6.92 Å². The van der Waals surface area contributed by atoms with Crippen LogP contribution in [0.4, 0.5) is 8.78 Å². The zero-order valence-corrected chi connectivity index (χ0v) is 29.7. The Bertz CT molecular complexity index is 1570. The van der Waals surface area contributed by atoms with Crippen molar-refractivity contribution in [3.05, 3.63) is 58.4 Å². The van der Waals surface area contributed by atoms with Gasteiger partial charge in [-0.25, -0.2) is 13.6 Å². The summed E-state index contributed by atoms with van der Waals surface area (Å²) in [7, 11) is 1.58. The predicted molar refractivity (Wildman–Crippen MR) is 187 cm³/mol. The van der Waals surface area contributed by atoms with Crippen LogP contribution in [0.5, 0.6) is 11.5 Å². The second kappa shape index (κ2) is 16.3. The molecule has 0 amide bonds. The number of unbranched alkanes of at least 4 members (excludes halogenated alkanes) is 2. The Morgan fingerprint density at radius 3 is 2.19 bits per heavy atom. The summed E-state index contributed by atoms with van der Waals surface area (Å²) in [6, 6.07) is 12.7. The van der Waals surface area contributed by atoms with Crippen molar-refractivity contribution in [2.75, 3.05) is 20.3 Å². The number of hydrogen-bond donors (Lipinski definition) is 2. The molecule has 1 atom stereocenters. The van der Waals surface area contributed by atoms with Crippen LogP contribution in [0.1, 0.15) is 98.5 Å². The van der Waals surface area contributed by atoms with Gasteiger partial charge in [0.15, 0.2) is 0 Å². The molecule has 1 unspecified atom stereocenters. The zero-order chi connectivity index (χ0) is 35.8. The molecule has 0 fully saturated rings. The van der Waals surface area contributed by atoms with Gasteiger partial charge in [-0.2, -0.15) is 0 Å². The van der Waals surface area contributed by atoms with Crippen LogP contribution in [0, 0.1) is 5.41 Å². The highest BCUT2D eigenvalue weighted by Gasteiger charge is 2.48. The highest BCUT2D eigenvalue weighted by atomic mass is 19.3. The van der Waals surface area contributed by atoms with Crippen molar-refractivity contribution in [3.63, 3.8) is 0 Å². The van der Waals surface area contributed by atoms with E-state index < -0.39 is 40.4 Å². The van der Waals surface area contributed by atoms with Crippen molar-refractivity contribution in [3.8, 4) is 22.6 Å². The smallest absolute Gasteiger partial charge is 0.344 e. The van der Waals surface area contributed by atoms with Gasteiger partial charge in [0.2, 0.25) is 5.92 Å². The molecule has 48 heavy (non-hydrogen) atoms. The van der Waals surface area contributed by atoms with Crippen molar-refractivity contribution in [1.29, 1.82) is 0 Å². The fourth-order valence-corrected chi connectivity index (χ4v) is 5.84. The third-order valence-corrected chi connectivity index (χ3v) is 8.89. The third kappa shape index (κ3) is 10.8. The van der Waals surface area contributed by atoms with Crippen LogP contribution in [0.2, 0.25) is 0 Å². The Morgan fingerprint density at radius 2 is 1.56 bits per heavy atom. The number of aryl methyl sites for hydroxylation is 1. The number of ether oxygens (including phenoxy) is 3. The summed E-state index contributed by atoms with van der Waals surface area (Å²) in [5.41, 5.74) is 11.8. The lowest BCUT2D eigenvalue weighted by atomic mass is 9.67. The monoisotopic (exact) mass is 672 g/mol. The number of rotatable bonds is 19. The molecule has 266 valence electrons. The van der Waals surface area contributed by atoms with Gasteiger partial charge in [-0.1, -0.05) is 31.9 Å². The van der Waals surface area contributed by atoms with Crippen molar-refractivity contribution < 1.29 is 32.2 Å². The number of halogens is 2. The van der Waals surface area contributed by atoms with Gasteiger partial charge >= 0.3 is 11.6 Å². The van der Waals surface area contributed by atoms with Gasteiger partial charge in [-0.3, -0.25) is 4.79 Å². The first-order valence-corrected chi connectivity index (χ1v) is 16.9. The molecule has 10 heteroatoms. The Kier molecular flexibility index (Phi) is 13.2. The molecule has 0 bridgehead atoms. The van der Waals surface area contributed by atoms with Crippen molar-refractivity contribution in [2.45, 2.75) is 116 Å². The van der Waals surface area contributed by atoms with Gasteiger partial charge < -0.3 is 30.1 Å². The topological polar surface area (TPSA) is 127 Å². The number of esters is 1. The molecule has 0 spiro atoms. The first-order chi connectivity index (χ1) is 22.4. The maximum Gasteiger partial charge on any atom is 0.344 e. The van der Waals surface area contributed by atoms with E-state index in [1.54, 1.807) is 66.0 Å². The molecule has 1 aromatic heterocycles. The summed E-state index contributed by atoms with van der Waals surface area (Å²) in [6.45, 7) is 10.8. The Hall–Kier alpha value is -3.50. The molecule has 3 rings (SSSR count). The summed E-state index contributed by atoms with van der Waals surface area (Å²) >= 11 is 0. The van der Waals surface area contributed by atoms with E-state index in [1.807, 2.05) is 18.2 Å². The predicted octanol–water partition coefficient (Wildman–Crippen LogP) is 8.19. The summed E-state index contributed by atoms with van der Waals surface area (Å²) in [4.78, 5) is 25.9. The molecule has 0 aliphatic carbocycles. The van der Waals surface area contributed by atoms with E-state index in [0.29, 0.717) is 33.6 Å². The third-order valence-electron chi connectivity index (χ3n) is 8.89. The van der Waals surface area contributed by atoms with Crippen molar-refractivity contribution in [2.24, 2.45) is 16.9 Å². The van der Waals surface area contributed by atoms with Gasteiger partial charge in [0.05, 0.1) is 31.3 Å². The molecule has 2 aromatic carbocycles. The Labute approximate surface area is 283 Å². The Morgan fingerprint density at radius 1 is 0.875 bits per heavy atom. The first kappa shape index (κ1) is 38.9. The summed E-state index contributed by atoms with van der Waals surface area (Å²) in [6.07, 6.45) is 3.90. The number of alkyl halides is 2. The number of nitrogens with two attached hydrogens (primary N) is 2. The van der Waals surface area contributed by atoms with E-state index in [9.17, 15) is 18.4 Å². The van der Waals surface area contributed by atoms with Crippen LogP contribution < -0.4 is 26.6 Å². The normalized spacial score (nSPS) is 13.7. The molecular formula is C38H54F2N2O6. The fraction of sp³-hybridized carbons (Fsp3) is 0.579. The van der Waals surface area contributed by atoms with Gasteiger partial charge in [0.1, 0.15) is 17.1 Å². The van der Waals surface area contributed by atoms with Gasteiger partial charge in [-0.05, 0) is 96.6 Å². The molecular weight excluding hydrogens is 618 g/mol. The molecule has 0 saturated heterocycles. The Balaban J connectivity index is 1.52. The molecule has 1 heterocycles. The lowest BCUT2D eigenvalue weighted by Crippen LogP contribution is -2.58. The number of carbonyl (C=O) groups excluding carboxylic acids is 1. The highest BCUT2D eigenvalue weighted by Crippen LogP contribution is 2.38. The minimum absolute atomic E-state index is 0.00731. The molecule has 3 aromatic rings. The number of carbonyl (C=O) groups is 1. The zero-order valence-electron chi connectivity index (χ0n) is 29.7. The van der Waals surface area contributed by atoms with Crippen LogP contribution in [0.25, 0.3) is 22.1 Å². The largest absolute Gasteiger partial charge is 0.496 e. The minimum Gasteiger partial charge on any atom is -0.496 e. The van der Waals surface area contributed by atoms with Crippen LogP contribution in [0.3, 0.4) is 0 Å². The first-order valence-electron chi connectivity index (χ1n) is 16.9. The fourth-order valence-electron chi connectivity index (χ4n) is 5.84. The van der Waals surface area contributed by atoms with E-state index in [1.165, 1.54) is 0 Å². The van der Waals surface area contributed by atoms with Crippen LogP contribution in [-0.2, 0) is 16.0 Å². The highest BCUT2D eigenvalue weighted by molar-refractivity contribution is 5.84. The van der Waals surface area contributed by atoms with Gasteiger partial charge in [0.25, 0.3) is 0 Å². The molecule has 8 nitrogen and oxygen atoms in total. The second-order valence-corrected chi connectivity index (χ2v) is 14.4. The van der Waals surface area contributed by atoms with E-state index in [0.717, 1.165) is 31.2 Å². The van der Waals surface area contributed by atoms with Crippen LogP contribution in [0.15, 0.2) is 51.7 Å². The van der Waals surface area contributed by atoms with Gasteiger partial charge in [-0.15, -0.1) is 0 Å². The molecule has 0 aliphatic rings. The standard InChI is InChI=1S/C38H54F2N2O6/c1-8-9-10-13-26-14-17-29(32(22-26)45-7)30-23-27-15-16-28(24-31(27)48-33(30)43)46-20-11-18-38(39,40)19-12-21-47-34(44)37(6,36(4,5)42)25-35(2,3)41/h14-17,22-24H,8-13,18-21,25,41-42H2,1-7H3. The van der Waals surface area contributed by atoms with Crippen LogP contribution in [-0.4, -0.2) is 43.3 Å². The van der Waals surface area contributed by atoms with E-state index in [-0.39, 0.29) is 38.9 Å². The van der Waals surface area contributed by atoms with Gasteiger partial charge in [0, 0.05) is 40.9 Å². The minimum atomic E-state index is -2.95. The number of hydrogen-bond acceptors (Lipinski definition) is 8. The lowest BCUT2D eigenvalue weighted by molar-refractivity contribution is -0.161. The van der Waals surface area contributed by atoms with Crippen molar-refractivity contribution in [1.82, 2.24) is 0 Å². The van der Waals surface area contributed by atoms with Crippen LogP contribution >= 0.6 is 0 Å². The molecule has 0 radical (unpaired) electrons. The number of benzene rings is 2. The molecule has 0 saturated carbocycles. The molecule has 0 aliphatic heterocycles. The van der Waals surface area contributed by atoms with E-state index in [4.69, 9.17) is 30.1 Å². The maximum absolute atomic E-state index is 14.6. The average molecular weight is 673 g/mol.